The molecular weight excluding hydrogens is 451 g/mol. The maximum atomic E-state index is 6.42. The molecule has 3 heterocycles. The van der Waals surface area contributed by atoms with Gasteiger partial charge in [-0.3, -0.25) is 4.98 Å². The zero-order chi connectivity index (χ0) is 22.0. The number of halogens is 2. The molecule has 1 saturated heterocycles. The minimum Gasteiger partial charge on any atom is -0.459 e. The number of nitrogens with one attached hydrogen (secondary N) is 1. The fraction of sp³-hybridized carbons (Fsp3) is 0.304. The topological polar surface area (TPSA) is 44.5 Å². The van der Waals surface area contributed by atoms with Gasteiger partial charge in [-0.1, -0.05) is 35.3 Å². The lowest BCUT2D eigenvalue weighted by molar-refractivity contribution is 0.261. The van der Waals surface area contributed by atoms with E-state index in [1.165, 1.54) is 0 Å². The van der Waals surface area contributed by atoms with Crippen molar-refractivity contribution < 1.29 is 4.42 Å². The number of benzene rings is 1. The Morgan fingerprint density at radius 2 is 1.97 bits per heavy atom. The number of hydrogen-bond acceptors (Lipinski definition) is 4. The van der Waals surface area contributed by atoms with E-state index in [2.05, 4.69) is 34.2 Å². The van der Waals surface area contributed by atoms with Gasteiger partial charge >= 0.3 is 0 Å². The molecular formula is C23H24Cl2N4OS. The number of pyridine rings is 1. The van der Waals surface area contributed by atoms with Crippen LogP contribution in [0.2, 0.25) is 10.0 Å². The maximum absolute atomic E-state index is 6.42. The largest absolute Gasteiger partial charge is 0.459 e. The molecule has 31 heavy (non-hydrogen) atoms. The second-order valence-electron chi connectivity index (χ2n) is 7.78. The highest BCUT2D eigenvalue weighted by molar-refractivity contribution is 7.80. The molecule has 0 unspecified atom stereocenters. The van der Waals surface area contributed by atoms with Crippen molar-refractivity contribution in [3.05, 3.63) is 76.2 Å². The minimum atomic E-state index is -0.115. The molecule has 8 heteroatoms. The Labute approximate surface area is 198 Å². The van der Waals surface area contributed by atoms with E-state index < -0.39 is 0 Å². The summed E-state index contributed by atoms with van der Waals surface area (Å²) in [5.74, 6) is 1.48. The van der Waals surface area contributed by atoms with Crippen LogP contribution in [0.15, 0.2) is 59.1 Å². The molecule has 0 spiro atoms. The summed E-state index contributed by atoms with van der Waals surface area (Å²) in [6.45, 7) is 1.79. The van der Waals surface area contributed by atoms with E-state index in [1.54, 1.807) is 12.3 Å². The van der Waals surface area contributed by atoms with Gasteiger partial charge in [-0.25, -0.2) is 0 Å². The normalized spacial score (nSPS) is 18.6. The fourth-order valence-corrected chi connectivity index (χ4v) is 4.59. The Bertz CT molecular complexity index is 1060. The van der Waals surface area contributed by atoms with Crippen LogP contribution in [0, 0.1) is 0 Å². The third kappa shape index (κ3) is 4.72. The van der Waals surface area contributed by atoms with E-state index in [-0.39, 0.29) is 12.1 Å². The van der Waals surface area contributed by atoms with Gasteiger partial charge in [0.25, 0.3) is 0 Å². The summed E-state index contributed by atoms with van der Waals surface area (Å²) in [6, 6.07) is 15.1. The molecule has 1 aliphatic rings. The molecule has 162 valence electrons. The highest BCUT2D eigenvalue weighted by Gasteiger charge is 2.41. The van der Waals surface area contributed by atoms with Crippen LogP contribution in [0.5, 0.6) is 0 Å². The van der Waals surface area contributed by atoms with Gasteiger partial charge in [-0.05, 0) is 75.7 Å². The quantitative estimate of drug-likeness (QED) is 0.451. The predicted octanol–water partition coefficient (Wildman–Crippen LogP) is 5.57. The van der Waals surface area contributed by atoms with Gasteiger partial charge in [-0.15, -0.1) is 0 Å². The minimum absolute atomic E-state index is 0.109. The molecule has 1 aromatic carbocycles. The zero-order valence-corrected chi connectivity index (χ0v) is 19.7. The summed E-state index contributed by atoms with van der Waals surface area (Å²) in [4.78, 5) is 8.93. The monoisotopic (exact) mass is 474 g/mol. The van der Waals surface area contributed by atoms with E-state index in [0.717, 1.165) is 36.5 Å². The van der Waals surface area contributed by atoms with Gasteiger partial charge in [0.2, 0.25) is 0 Å². The molecule has 0 aliphatic carbocycles. The maximum Gasteiger partial charge on any atom is 0.170 e. The highest BCUT2D eigenvalue weighted by Crippen LogP contribution is 2.42. The summed E-state index contributed by atoms with van der Waals surface area (Å²) < 4.78 is 6.32. The molecule has 0 amide bonds. The van der Waals surface area contributed by atoms with Crippen molar-refractivity contribution in [3.8, 4) is 11.3 Å². The van der Waals surface area contributed by atoms with Crippen molar-refractivity contribution in [3.63, 3.8) is 0 Å². The fourth-order valence-electron chi connectivity index (χ4n) is 3.86. The van der Waals surface area contributed by atoms with Crippen molar-refractivity contribution in [2.75, 3.05) is 27.2 Å². The summed E-state index contributed by atoms with van der Waals surface area (Å²) in [7, 11) is 4.14. The number of aromatic nitrogens is 1. The first kappa shape index (κ1) is 22.1. The third-order valence-corrected chi connectivity index (χ3v) is 6.51. The molecule has 1 N–H and O–H groups in total. The van der Waals surface area contributed by atoms with Crippen LogP contribution >= 0.6 is 35.4 Å². The molecule has 1 fully saturated rings. The average molecular weight is 475 g/mol. The lowest BCUT2D eigenvalue weighted by Crippen LogP contribution is -2.32. The van der Waals surface area contributed by atoms with Gasteiger partial charge in [0.1, 0.15) is 17.6 Å². The molecule has 1 aliphatic heterocycles. The first-order chi connectivity index (χ1) is 15.0. The van der Waals surface area contributed by atoms with E-state index in [1.807, 2.05) is 42.5 Å². The molecule has 5 nitrogen and oxygen atoms in total. The SMILES string of the molecule is CN(C)CCCN1C(=S)N[C@H](c2ccccn2)[C@@H]1c1ccc(-c2cccc(Cl)c2Cl)o1. The Kier molecular flexibility index (Phi) is 6.82. The van der Waals surface area contributed by atoms with E-state index in [9.17, 15) is 0 Å². The lowest BCUT2D eigenvalue weighted by atomic mass is 10.0. The van der Waals surface area contributed by atoms with Crippen LogP contribution in [0.3, 0.4) is 0 Å². The van der Waals surface area contributed by atoms with Crippen molar-refractivity contribution >= 4 is 40.5 Å². The summed E-state index contributed by atoms with van der Waals surface area (Å²) in [6.07, 6.45) is 2.78. The molecule has 0 saturated carbocycles. The van der Waals surface area contributed by atoms with E-state index >= 15 is 0 Å². The van der Waals surface area contributed by atoms with Gasteiger partial charge in [0.05, 0.1) is 21.8 Å². The summed E-state index contributed by atoms with van der Waals surface area (Å²) in [5.41, 5.74) is 1.69. The lowest BCUT2D eigenvalue weighted by Gasteiger charge is -2.26. The van der Waals surface area contributed by atoms with Crippen LogP contribution in [0.1, 0.15) is 30.0 Å². The molecule has 0 radical (unpaired) electrons. The van der Waals surface area contributed by atoms with Gasteiger partial charge in [0, 0.05) is 18.3 Å². The smallest absolute Gasteiger partial charge is 0.170 e. The van der Waals surface area contributed by atoms with Crippen LogP contribution in [0.25, 0.3) is 11.3 Å². The molecule has 4 rings (SSSR count). The van der Waals surface area contributed by atoms with E-state index in [0.29, 0.717) is 20.9 Å². The van der Waals surface area contributed by atoms with E-state index in [4.69, 9.17) is 39.8 Å². The summed E-state index contributed by atoms with van der Waals surface area (Å²) >= 11 is 18.3. The Hall–Kier alpha value is -2.12. The number of furan rings is 1. The Morgan fingerprint density at radius 1 is 1.13 bits per heavy atom. The second kappa shape index (κ2) is 9.57. The van der Waals surface area contributed by atoms with Crippen molar-refractivity contribution in [1.82, 2.24) is 20.1 Å². The molecule has 2 atom stereocenters. The highest BCUT2D eigenvalue weighted by atomic mass is 35.5. The molecule has 3 aromatic rings. The Morgan fingerprint density at radius 3 is 2.71 bits per heavy atom. The van der Waals surface area contributed by atoms with Crippen molar-refractivity contribution in [2.24, 2.45) is 0 Å². The average Bonchev–Trinajstić information content (AvgIpc) is 3.35. The number of nitrogens with zero attached hydrogens (tertiary/aromatic N) is 3. The van der Waals surface area contributed by atoms with Crippen LogP contribution in [-0.2, 0) is 0 Å². The molecule has 0 bridgehead atoms. The zero-order valence-electron chi connectivity index (χ0n) is 17.4. The van der Waals surface area contributed by atoms with Crippen LogP contribution < -0.4 is 5.32 Å². The molecule has 2 aromatic heterocycles. The standard InChI is InChI=1S/C23H24Cl2N4OS/c1-28(2)13-6-14-29-22(21(27-23(29)31)17-9-3-4-12-26-17)19-11-10-18(30-19)15-7-5-8-16(24)20(15)25/h3-5,7-12,21-22H,6,13-14H2,1-2H3,(H,27,31)/t21-,22+/m1/s1. The summed E-state index contributed by atoms with van der Waals surface area (Å²) in [5, 5.41) is 5.14. The third-order valence-electron chi connectivity index (χ3n) is 5.34. The number of thiocarbonyl (C=S) groups is 1. The first-order valence-corrected chi connectivity index (χ1v) is 11.3. The van der Waals surface area contributed by atoms with Gasteiger partial charge in [0.15, 0.2) is 5.11 Å². The van der Waals surface area contributed by atoms with Crippen molar-refractivity contribution in [2.45, 2.75) is 18.5 Å². The first-order valence-electron chi connectivity index (χ1n) is 10.1. The van der Waals surface area contributed by atoms with Crippen LogP contribution in [0.4, 0.5) is 0 Å². The number of rotatable bonds is 7. The number of hydrogen-bond donors (Lipinski definition) is 1. The van der Waals surface area contributed by atoms with Gasteiger partial charge < -0.3 is 19.5 Å². The second-order valence-corrected chi connectivity index (χ2v) is 8.95. The predicted molar refractivity (Wildman–Crippen MR) is 129 cm³/mol. The van der Waals surface area contributed by atoms with Crippen molar-refractivity contribution in [1.29, 1.82) is 0 Å². The van der Waals surface area contributed by atoms with Crippen LogP contribution in [-0.4, -0.2) is 47.1 Å². The Balaban J connectivity index is 1.69. The van der Waals surface area contributed by atoms with Gasteiger partial charge in [-0.2, -0.15) is 0 Å².